The number of nitrogens with zero attached hydrogens (tertiary/aromatic N) is 2. The number of nitrogens with one attached hydrogen (secondary N) is 1. The highest BCUT2D eigenvalue weighted by atomic mass is 19.1. The summed E-state index contributed by atoms with van der Waals surface area (Å²) in [6.07, 6.45) is 2.90. The first-order valence-corrected chi connectivity index (χ1v) is 5.64. The van der Waals surface area contributed by atoms with E-state index in [0.717, 1.165) is 31.6 Å². The number of benzene rings is 1. The average Bonchev–Trinajstić information content (AvgIpc) is 2.90. The largest absolute Gasteiger partial charge is 0.328 e. The first kappa shape index (κ1) is 9.78. The number of hydrogen-bond acceptors (Lipinski definition) is 2. The Kier molecular flexibility index (Phi) is 2.36. The first-order chi connectivity index (χ1) is 7.84. The van der Waals surface area contributed by atoms with Gasteiger partial charge in [-0.3, -0.25) is 0 Å². The molecule has 2 aromatic rings. The molecule has 16 heavy (non-hydrogen) atoms. The highest BCUT2D eigenvalue weighted by Crippen LogP contribution is 2.19. The van der Waals surface area contributed by atoms with Crippen molar-refractivity contribution in [3.63, 3.8) is 0 Å². The second kappa shape index (κ2) is 3.87. The van der Waals surface area contributed by atoms with Gasteiger partial charge in [-0.1, -0.05) is 6.07 Å². The number of para-hydroxylation sites is 1. The maximum absolute atomic E-state index is 13.7. The van der Waals surface area contributed by atoms with E-state index in [-0.39, 0.29) is 5.82 Å². The molecule has 84 valence electrons. The molecule has 1 unspecified atom stereocenters. The van der Waals surface area contributed by atoms with Crippen LogP contribution in [0.1, 0.15) is 6.42 Å². The quantitative estimate of drug-likeness (QED) is 0.834. The minimum Gasteiger partial charge on any atom is -0.328 e. The Morgan fingerprint density at radius 1 is 1.50 bits per heavy atom. The fourth-order valence-corrected chi connectivity index (χ4v) is 2.37. The summed E-state index contributed by atoms with van der Waals surface area (Å²) in [5.74, 6) is 0.415. The predicted molar refractivity (Wildman–Crippen MR) is 60.7 cm³/mol. The monoisotopic (exact) mass is 219 g/mol. The fraction of sp³-hybridized carbons (Fsp3) is 0.417. The molecular weight excluding hydrogens is 205 g/mol. The zero-order valence-corrected chi connectivity index (χ0v) is 8.99. The van der Waals surface area contributed by atoms with E-state index in [0.29, 0.717) is 11.4 Å². The van der Waals surface area contributed by atoms with E-state index < -0.39 is 0 Å². The van der Waals surface area contributed by atoms with Crippen LogP contribution in [0.4, 0.5) is 4.39 Å². The Labute approximate surface area is 93.3 Å². The van der Waals surface area contributed by atoms with Gasteiger partial charge in [-0.05, 0) is 37.6 Å². The van der Waals surface area contributed by atoms with Crippen molar-refractivity contribution in [3.05, 3.63) is 30.3 Å². The Hall–Kier alpha value is -1.42. The Bertz CT molecular complexity index is 500. The third-order valence-corrected chi connectivity index (χ3v) is 3.21. The van der Waals surface area contributed by atoms with E-state index in [2.05, 4.69) is 10.3 Å². The zero-order chi connectivity index (χ0) is 11.0. The van der Waals surface area contributed by atoms with Gasteiger partial charge in [-0.2, -0.15) is 0 Å². The number of hydrogen-bond donors (Lipinski definition) is 1. The summed E-state index contributed by atoms with van der Waals surface area (Å²) >= 11 is 0. The van der Waals surface area contributed by atoms with Gasteiger partial charge in [0.1, 0.15) is 11.3 Å². The van der Waals surface area contributed by atoms with Gasteiger partial charge in [-0.25, -0.2) is 9.37 Å². The molecule has 0 spiro atoms. The van der Waals surface area contributed by atoms with Crippen LogP contribution in [-0.2, 0) is 6.54 Å². The molecule has 1 aliphatic heterocycles. The number of halogens is 1. The second-order valence-electron chi connectivity index (χ2n) is 4.36. The van der Waals surface area contributed by atoms with Gasteiger partial charge in [0.2, 0.25) is 0 Å². The van der Waals surface area contributed by atoms with E-state index in [4.69, 9.17) is 0 Å². The van der Waals surface area contributed by atoms with Crippen LogP contribution in [0.25, 0.3) is 11.0 Å². The average molecular weight is 219 g/mol. The molecule has 2 heterocycles. The van der Waals surface area contributed by atoms with Crippen molar-refractivity contribution in [1.82, 2.24) is 14.9 Å². The molecule has 1 aliphatic rings. The lowest BCUT2D eigenvalue weighted by atomic mass is 10.1. The van der Waals surface area contributed by atoms with Crippen molar-refractivity contribution >= 4 is 11.0 Å². The summed E-state index contributed by atoms with van der Waals surface area (Å²) in [5.41, 5.74) is 1.38. The van der Waals surface area contributed by atoms with Crippen LogP contribution in [0, 0.1) is 11.7 Å². The molecule has 0 saturated carbocycles. The summed E-state index contributed by atoms with van der Waals surface area (Å²) in [6.45, 7) is 2.94. The molecule has 4 heteroatoms. The molecule has 1 aromatic heterocycles. The molecule has 1 fully saturated rings. The van der Waals surface area contributed by atoms with E-state index >= 15 is 0 Å². The number of imidazole rings is 1. The van der Waals surface area contributed by atoms with Crippen molar-refractivity contribution < 1.29 is 4.39 Å². The molecule has 0 amide bonds. The highest BCUT2D eigenvalue weighted by molar-refractivity contribution is 5.75. The third-order valence-electron chi connectivity index (χ3n) is 3.21. The highest BCUT2D eigenvalue weighted by Gasteiger charge is 2.16. The van der Waals surface area contributed by atoms with Crippen LogP contribution in [0.2, 0.25) is 0 Å². The zero-order valence-electron chi connectivity index (χ0n) is 8.99. The van der Waals surface area contributed by atoms with Crippen molar-refractivity contribution in [2.45, 2.75) is 13.0 Å². The maximum Gasteiger partial charge on any atom is 0.149 e. The molecule has 3 rings (SSSR count). The van der Waals surface area contributed by atoms with E-state index in [1.807, 2.05) is 10.6 Å². The molecule has 0 bridgehead atoms. The van der Waals surface area contributed by atoms with Gasteiger partial charge in [0.15, 0.2) is 0 Å². The fourth-order valence-electron chi connectivity index (χ4n) is 2.37. The smallest absolute Gasteiger partial charge is 0.149 e. The van der Waals surface area contributed by atoms with Crippen LogP contribution < -0.4 is 5.32 Å². The SMILES string of the molecule is Fc1cccc2ncn(CC3CCNC3)c12. The van der Waals surface area contributed by atoms with E-state index in [1.54, 1.807) is 12.4 Å². The van der Waals surface area contributed by atoms with Crippen molar-refractivity contribution in [1.29, 1.82) is 0 Å². The van der Waals surface area contributed by atoms with Crippen molar-refractivity contribution in [3.8, 4) is 0 Å². The molecule has 1 aromatic carbocycles. The molecule has 1 atom stereocenters. The van der Waals surface area contributed by atoms with Gasteiger partial charge in [0, 0.05) is 6.54 Å². The molecular formula is C12H14FN3. The number of rotatable bonds is 2. The summed E-state index contributed by atoms with van der Waals surface area (Å²) in [7, 11) is 0. The van der Waals surface area contributed by atoms with Crippen LogP contribution in [0.15, 0.2) is 24.5 Å². The van der Waals surface area contributed by atoms with E-state index in [1.165, 1.54) is 6.07 Å². The topological polar surface area (TPSA) is 29.9 Å². The van der Waals surface area contributed by atoms with Crippen LogP contribution >= 0.6 is 0 Å². The molecule has 1 N–H and O–H groups in total. The Morgan fingerprint density at radius 3 is 3.25 bits per heavy atom. The lowest BCUT2D eigenvalue weighted by Crippen LogP contribution is -2.14. The van der Waals surface area contributed by atoms with Crippen molar-refractivity contribution in [2.24, 2.45) is 5.92 Å². The number of fused-ring (bicyclic) bond motifs is 1. The van der Waals surface area contributed by atoms with Crippen LogP contribution in [0.5, 0.6) is 0 Å². The van der Waals surface area contributed by atoms with Gasteiger partial charge >= 0.3 is 0 Å². The van der Waals surface area contributed by atoms with Gasteiger partial charge in [0.05, 0.1) is 11.8 Å². The minimum atomic E-state index is -0.180. The van der Waals surface area contributed by atoms with Gasteiger partial charge in [-0.15, -0.1) is 0 Å². The number of aromatic nitrogens is 2. The normalized spacial score (nSPS) is 20.7. The maximum atomic E-state index is 13.7. The molecule has 0 aliphatic carbocycles. The molecule has 1 saturated heterocycles. The predicted octanol–water partition coefficient (Wildman–Crippen LogP) is 1.78. The Balaban J connectivity index is 1.97. The Morgan fingerprint density at radius 2 is 2.44 bits per heavy atom. The van der Waals surface area contributed by atoms with Gasteiger partial charge < -0.3 is 9.88 Å². The second-order valence-corrected chi connectivity index (χ2v) is 4.36. The van der Waals surface area contributed by atoms with Crippen molar-refractivity contribution in [2.75, 3.05) is 13.1 Å². The standard InChI is InChI=1S/C12H14FN3/c13-10-2-1-3-11-12(10)16(8-15-11)7-9-4-5-14-6-9/h1-3,8-9,14H,4-7H2. The van der Waals surface area contributed by atoms with Gasteiger partial charge in [0.25, 0.3) is 0 Å². The minimum absolute atomic E-state index is 0.180. The summed E-state index contributed by atoms with van der Waals surface area (Å²) in [4.78, 5) is 4.22. The summed E-state index contributed by atoms with van der Waals surface area (Å²) in [5, 5.41) is 3.32. The van der Waals surface area contributed by atoms with Crippen LogP contribution in [-0.4, -0.2) is 22.6 Å². The summed E-state index contributed by atoms with van der Waals surface area (Å²) in [6, 6.07) is 5.04. The van der Waals surface area contributed by atoms with Crippen LogP contribution in [0.3, 0.4) is 0 Å². The first-order valence-electron chi connectivity index (χ1n) is 5.64. The summed E-state index contributed by atoms with van der Waals surface area (Å²) < 4.78 is 15.6. The molecule has 3 nitrogen and oxygen atoms in total. The lowest BCUT2D eigenvalue weighted by Gasteiger charge is -2.10. The van der Waals surface area contributed by atoms with E-state index in [9.17, 15) is 4.39 Å². The lowest BCUT2D eigenvalue weighted by molar-refractivity contribution is 0.485. The molecule has 0 radical (unpaired) electrons. The third kappa shape index (κ3) is 1.59.